The molecule has 7 heteroatoms. The van der Waals surface area contributed by atoms with E-state index in [1.54, 1.807) is 20.8 Å². The number of rotatable bonds is 8. The Hall–Kier alpha value is -3.35. The Kier molecular flexibility index (Phi) is 6.95. The van der Waals surface area contributed by atoms with Gasteiger partial charge in [0.2, 0.25) is 5.91 Å². The van der Waals surface area contributed by atoms with Crippen LogP contribution < -0.4 is 10.6 Å². The van der Waals surface area contributed by atoms with Crippen molar-refractivity contribution in [1.29, 1.82) is 0 Å². The Morgan fingerprint density at radius 1 is 0.935 bits per heavy atom. The second kappa shape index (κ2) is 9.64. The molecule has 3 atom stereocenters. The van der Waals surface area contributed by atoms with Crippen LogP contribution in [0.15, 0.2) is 48.5 Å². The Morgan fingerprint density at radius 2 is 1.48 bits per heavy atom. The molecule has 2 aromatic carbocycles. The van der Waals surface area contributed by atoms with Crippen LogP contribution in [0.4, 0.5) is 4.79 Å². The summed E-state index contributed by atoms with van der Waals surface area (Å²) >= 11 is 0. The third kappa shape index (κ3) is 5.23. The summed E-state index contributed by atoms with van der Waals surface area (Å²) in [4.78, 5) is 35.4. The molecule has 1 aliphatic carbocycles. The number of carboxylic acid groups (broad SMARTS) is 1. The molecule has 2 amide bonds. The molecule has 164 valence electrons. The fraction of sp³-hybridized carbons (Fsp3) is 0.375. The van der Waals surface area contributed by atoms with Crippen LogP contribution >= 0.6 is 0 Å². The zero-order valence-corrected chi connectivity index (χ0v) is 17.9. The van der Waals surface area contributed by atoms with Crippen LogP contribution in [-0.2, 0) is 14.3 Å². The standard InChI is InChI=1S/C24H28N2O5/c1-14(12-22(27)28)25-23(29)15(2)16(3)26-24(30)31-13-21-19-10-6-4-8-17(19)18-9-5-7-11-20(18)21/h4-11,14-16,21H,12-13H2,1-3H3,(H,25,29)(H,26,30)(H,27,28). The van der Waals surface area contributed by atoms with Gasteiger partial charge in [0, 0.05) is 18.0 Å². The number of carbonyl (C=O) groups excluding carboxylic acids is 2. The van der Waals surface area contributed by atoms with E-state index in [0.29, 0.717) is 0 Å². The van der Waals surface area contributed by atoms with Gasteiger partial charge in [-0.25, -0.2) is 4.79 Å². The van der Waals surface area contributed by atoms with Crippen LogP contribution in [0.25, 0.3) is 11.1 Å². The van der Waals surface area contributed by atoms with Gasteiger partial charge in [-0.2, -0.15) is 0 Å². The van der Waals surface area contributed by atoms with Gasteiger partial charge in [-0.3, -0.25) is 9.59 Å². The first kappa shape index (κ1) is 22.3. The van der Waals surface area contributed by atoms with Crippen molar-refractivity contribution in [2.45, 2.75) is 45.2 Å². The molecular weight excluding hydrogens is 396 g/mol. The highest BCUT2D eigenvalue weighted by atomic mass is 16.5. The van der Waals surface area contributed by atoms with Crippen LogP contribution in [-0.4, -0.2) is 41.8 Å². The zero-order valence-electron chi connectivity index (χ0n) is 17.9. The first-order chi connectivity index (χ1) is 14.8. The number of carboxylic acids is 1. The summed E-state index contributed by atoms with van der Waals surface area (Å²) in [5, 5.41) is 14.2. The molecule has 0 aliphatic heterocycles. The van der Waals surface area contributed by atoms with E-state index in [-0.39, 0.29) is 24.9 Å². The number of alkyl carbamates (subject to hydrolysis) is 1. The highest BCUT2D eigenvalue weighted by Crippen LogP contribution is 2.44. The van der Waals surface area contributed by atoms with Crippen LogP contribution in [0.5, 0.6) is 0 Å². The number of benzene rings is 2. The fourth-order valence-electron chi connectivity index (χ4n) is 3.87. The van der Waals surface area contributed by atoms with Crippen molar-refractivity contribution in [2.75, 3.05) is 6.61 Å². The van der Waals surface area contributed by atoms with Gasteiger partial charge in [0.05, 0.1) is 12.3 Å². The van der Waals surface area contributed by atoms with Gasteiger partial charge >= 0.3 is 12.1 Å². The average Bonchev–Trinajstić information content (AvgIpc) is 3.04. The quantitative estimate of drug-likeness (QED) is 0.601. The summed E-state index contributed by atoms with van der Waals surface area (Å²) in [7, 11) is 0. The summed E-state index contributed by atoms with van der Waals surface area (Å²) in [5.41, 5.74) is 4.57. The Balaban J connectivity index is 1.55. The molecule has 0 bridgehead atoms. The molecule has 3 N–H and O–H groups in total. The lowest BCUT2D eigenvalue weighted by Crippen LogP contribution is -2.46. The maximum Gasteiger partial charge on any atom is 0.407 e. The number of aliphatic carboxylic acids is 1. The van der Waals surface area contributed by atoms with Gasteiger partial charge in [0.1, 0.15) is 6.61 Å². The SMILES string of the molecule is CC(CC(=O)O)NC(=O)C(C)C(C)NC(=O)OCC1c2ccccc2-c2ccccc21. The topological polar surface area (TPSA) is 105 Å². The number of carbonyl (C=O) groups is 3. The van der Waals surface area contributed by atoms with Gasteiger partial charge in [0.15, 0.2) is 0 Å². The summed E-state index contributed by atoms with van der Waals surface area (Å²) in [6.07, 6.45) is -0.750. The lowest BCUT2D eigenvalue weighted by atomic mass is 9.98. The molecule has 0 heterocycles. The van der Waals surface area contributed by atoms with E-state index in [1.165, 1.54) is 0 Å². The van der Waals surface area contributed by atoms with Crippen molar-refractivity contribution in [3.63, 3.8) is 0 Å². The zero-order chi connectivity index (χ0) is 22.5. The predicted molar refractivity (Wildman–Crippen MR) is 117 cm³/mol. The van der Waals surface area contributed by atoms with E-state index in [4.69, 9.17) is 9.84 Å². The van der Waals surface area contributed by atoms with Crippen molar-refractivity contribution >= 4 is 18.0 Å². The Labute approximate surface area is 181 Å². The van der Waals surface area contributed by atoms with Crippen molar-refractivity contribution in [2.24, 2.45) is 5.92 Å². The maximum absolute atomic E-state index is 12.4. The second-order valence-corrected chi connectivity index (χ2v) is 8.05. The van der Waals surface area contributed by atoms with Gasteiger partial charge < -0.3 is 20.5 Å². The molecule has 3 rings (SSSR count). The van der Waals surface area contributed by atoms with Gasteiger partial charge in [-0.1, -0.05) is 55.5 Å². The molecule has 0 saturated carbocycles. The van der Waals surface area contributed by atoms with Crippen LogP contribution in [0.1, 0.15) is 44.2 Å². The smallest absolute Gasteiger partial charge is 0.407 e. The van der Waals surface area contributed by atoms with Crippen molar-refractivity contribution < 1.29 is 24.2 Å². The number of nitrogens with one attached hydrogen (secondary N) is 2. The average molecular weight is 424 g/mol. The Bertz CT molecular complexity index is 928. The lowest BCUT2D eigenvalue weighted by Gasteiger charge is -2.23. The minimum absolute atomic E-state index is 0.0361. The largest absolute Gasteiger partial charge is 0.481 e. The predicted octanol–water partition coefficient (Wildman–Crippen LogP) is 3.53. The molecule has 0 aromatic heterocycles. The van der Waals surface area contributed by atoms with E-state index in [2.05, 4.69) is 34.9 Å². The van der Waals surface area contributed by atoms with E-state index in [1.807, 2.05) is 24.3 Å². The summed E-state index contributed by atoms with van der Waals surface area (Å²) in [6.45, 7) is 5.22. The van der Waals surface area contributed by atoms with Gasteiger partial charge in [0.25, 0.3) is 0 Å². The first-order valence-electron chi connectivity index (χ1n) is 10.4. The number of hydrogen-bond donors (Lipinski definition) is 3. The molecule has 1 aliphatic rings. The number of amides is 2. The van der Waals surface area contributed by atoms with E-state index in [0.717, 1.165) is 22.3 Å². The minimum Gasteiger partial charge on any atom is -0.481 e. The third-order valence-electron chi connectivity index (χ3n) is 5.72. The molecule has 7 nitrogen and oxygen atoms in total. The molecule has 0 saturated heterocycles. The number of fused-ring (bicyclic) bond motifs is 3. The monoisotopic (exact) mass is 424 g/mol. The highest BCUT2D eigenvalue weighted by molar-refractivity contribution is 5.81. The molecule has 3 unspecified atom stereocenters. The normalized spacial score (nSPS) is 15.2. The molecular formula is C24H28N2O5. The molecule has 2 aromatic rings. The fourth-order valence-corrected chi connectivity index (χ4v) is 3.87. The van der Waals surface area contributed by atoms with Gasteiger partial charge in [-0.05, 0) is 36.1 Å². The highest BCUT2D eigenvalue weighted by Gasteiger charge is 2.30. The Morgan fingerprint density at radius 3 is 2.03 bits per heavy atom. The van der Waals surface area contributed by atoms with Crippen molar-refractivity contribution in [3.05, 3.63) is 59.7 Å². The molecule has 0 radical (unpaired) electrons. The summed E-state index contributed by atoms with van der Waals surface area (Å²) < 4.78 is 5.51. The maximum atomic E-state index is 12.4. The van der Waals surface area contributed by atoms with Crippen molar-refractivity contribution in [1.82, 2.24) is 10.6 Å². The van der Waals surface area contributed by atoms with E-state index < -0.39 is 30.1 Å². The third-order valence-corrected chi connectivity index (χ3v) is 5.72. The van der Waals surface area contributed by atoms with E-state index in [9.17, 15) is 14.4 Å². The summed E-state index contributed by atoms with van der Waals surface area (Å²) in [6, 6.07) is 15.2. The lowest BCUT2D eigenvalue weighted by molar-refractivity contribution is -0.137. The van der Waals surface area contributed by atoms with Crippen LogP contribution in [0.2, 0.25) is 0 Å². The van der Waals surface area contributed by atoms with Gasteiger partial charge in [-0.15, -0.1) is 0 Å². The second-order valence-electron chi connectivity index (χ2n) is 8.05. The first-order valence-corrected chi connectivity index (χ1v) is 10.4. The molecule has 31 heavy (non-hydrogen) atoms. The van der Waals surface area contributed by atoms with E-state index >= 15 is 0 Å². The summed E-state index contributed by atoms with van der Waals surface area (Å²) in [5.74, 6) is -1.88. The number of ether oxygens (including phenoxy) is 1. The van der Waals surface area contributed by atoms with Crippen LogP contribution in [0.3, 0.4) is 0 Å². The number of hydrogen-bond acceptors (Lipinski definition) is 4. The minimum atomic E-state index is -0.981. The molecule has 0 spiro atoms. The molecule has 0 fully saturated rings. The van der Waals surface area contributed by atoms with Crippen molar-refractivity contribution in [3.8, 4) is 11.1 Å². The van der Waals surface area contributed by atoms with Crippen LogP contribution in [0, 0.1) is 5.92 Å².